The van der Waals surface area contributed by atoms with Gasteiger partial charge in [-0.2, -0.15) is 5.10 Å². The molecule has 1 fully saturated rings. The molecule has 1 aliphatic heterocycles. The second kappa shape index (κ2) is 9.58. The Morgan fingerprint density at radius 3 is 2.64 bits per heavy atom. The molecule has 0 aliphatic carbocycles. The summed E-state index contributed by atoms with van der Waals surface area (Å²) in [4.78, 5) is 18.6. The van der Waals surface area contributed by atoms with Crippen LogP contribution in [0.3, 0.4) is 0 Å². The number of likely N-dealkylation sites (N-methyl/N-ethyl adjacent to an activating group) is 1. The summed E-state index contributed by atoms with van der Waals surface area (Å²) < 4.78 is 48.2. The maximum Gasteiger partial charge on any atom is 0.297 e. The SMILES string of the molecule is COc1ccc2ncnc(Nc3ccc(Oc4cc5ncnn5cn4)c(C)c3)c2c1O[C@@H]1CN(C)CC1(F)F. The molecule has 0 unspecified atom stereocenters. The van der Waals surface area contributed by atoms with Gasteiger partial charge in [0.15, 0.2) is 23.3 Å². The molecule has 1 atom stereocenters. The van der Waals surface area contributed by atoms with Crippen molar-refractivity contribution in [1.29, 1.82) is 0 Å². The number of likely N-dealkylation sites (tertiary alicyclic amines) is 1. The van der Waals surface area contributed by atoms with Crippen molar-refractivity contribution in [2.45, 2.75) is 19.0 Å². The molecule has 1 saturated heterocycles. The third-order valence-electron chi connectivity index (χ3n) is 6.43. The summed E-state index contributed by atoms with van der Waals surface area (Å²) in [7, 11) is 3.09. The van der Waals surface area contributed by atoms with Crippen LogP contribution in [0.25, 0.3) is 16.6 Å². The summed E-state index contributed by atoms with van der Waals surface area (Å²) in [5.41, 5.74) is 2.65. The summed E-state index contributed by atoms with van der Waals surface area (Å²) in [5.74, 6) is -1.19. The van der Waals surface area contributed by atoms with Gasteiger partial charge in [-0.05, 0) is 49.9 Å². The molecule has 0 amide bonds. The second-order valence-corrected chi connectivity index (χ2v) is 9.27. The van der Waals surface area contributed by atoms with Crippen molar-refractivity contribution in [2.24, 2.45) is 0 Å². The van der Waals surface area contributed by atoms with Crippen LogP contribution in [0.2, 0.25) is 0 Å². The van der Waals surface area contributed by atoms with Crippen LogP contribution in [-0.4, -0.2) is 73.7 Å². The van der Waals surface area contributed by atoms with Crippen LogP contribution in [0.4, 0.5) is 20.3 Å². The standard InChI is InChI=1S/C26H24F2N8O3/c1-15-8-16(4-6-18(15)38-22-9-21-30-13-33-36(21)14-32-22)34-25-23-17(29-12-31-25)5-7-19(37-3)24(23)39-20-10-35(2)11-26(20,27)28/h4-9,12-14,20H,10-11H2,1-3H3,(H,29,31,34)/t20-/m1/s1. The Bertz CT molecular complexity index is 1680. The number of halogens is 2. The summed E-state index contributed by atoms with van der Waals surface area (Å²) in [6.07, 6.45) is 3.01. The molecule has 0 spiro atoms. The van der Waals surface area contributed by atoms with Gasteiger partial charge >= 0.3 is 0 Å². The molecule has 39 heavy (non-hydrogen) atoms. The number of rotatable bonds is 7. The van der Waals surface area contributed by atoms with E-state index in [1.807, 2.05) is 19.1 Å². The van der Waals surface area contributed by atoms with Crippen molar-refractivity contribution in [2.75, 3.05) is 32.6 Å². The van der Waals surface area contributed by atoms with E-state index in [1.54, 1.807) is 31.3 Å². The Hall–Kier alpha value is -4.65. The number of alkyl halides is 2. The van der Waals surface area contributed by atoms with Crippen molar-refractivity contribution in [3.05, 3.63) is 60.9 Å². The maximum absolute atomic E-state index is 14.6. The zero-order valence-electron chi connectivity index (χ0n) is 21.3. The fraction of sp³-hybridized carbons (Fsp3) is 0.269. The lowest BCUT2D eigenvalue weighted by molar-refractivity contribution is -0.0616. The van der Waals surface area contributed by atoms with E-state index in [2.05, 4.69) is 30.4 Å². The van der Waals surface area contributed by atoms with E-state index in [1.165, 1.54) is 35.5 Å². The van der Waals surface area contributed by atoms with Gasteiger partial charge in [-0.15, -0.1) is 0 Å². The molecule has 200 valence electrons. The highest BCUT2D eigenvalue weighted by Gasteiger charge is 2.49. The zero-order chi connectivity index (χ0) is 27.1. The first-order valence-electron chi connectivity index (χ1n) is 12.1. The summed E-state index contributed by atoms with van der Waals surface area (Å²) in [5, 5.41) is 7.73. The lowest BCUT2D eigenvalue weighted by Crippen LogP contribution is -2.36. The molecule has 0 bridgehead atoms. The van der Waals surface area contributed by atoms with Gasteiger partial charge in [-0.25, -0.2) is 33.2 Å². The van der Waals surface area contributed by atoms with Crippen LogP contribution in [-0.2, 0) is 0 Å². The van der Waals surface area contributed by atoms with Crippen LogP contribution >= 0.6 is 0 Å². The molecule has 0 saturated carbocycles. The van der Waals surface area contributed by atoms with Gasteiger partial charge in [0.2, 0.25) is 5.88 Å². The normalized spacial score (nSPS) is 17.0. The van der Waals surface area contributed by atoms with Gasteiger partial charge in [0.25, 0.3) is 5.92 Å². The molecule has 0 radical (unpaired) electrons. The number of ether oxygens (including phenoxy) is 3. The van der Waals surface area contributed by atoms with E-state index in [0.29, 0.717) is 45.4 Å². The summed E-state index contributed by atoms with van der Waals surface area (Å²) >= 11 is 0. The average Bonchev–Trinajstić information content (AvgIpc) is 3.47. The smallest absolute Gasteiger partial charge is 0.297 e. The van der Waals surface area contributed by atoms with Gasteiger partial charge in [0.1, 0.15) is 30.5 Å². The minimum Gasteiger partial charge on any atom is -0.493 e. The molecular weight excluding hydrogens is 510 g/mol. The minimum absolute atomic E-state index is 0.0720. The van der Waals surface area contributed by atoms with Gasteiger partial charge in [-0.3, -0.25) is 4.90 Å². The number of aryl methyl sites for hydroxylation is 1. The largest absolute Gasteiger partial charge is 0.493 e. The van der Waals surface area contributed by atoms with E-state index in [-0.39, 0.29) is 18.8 Å². The Labute approximate surface area is 221 Å². The number of aromatic nitrogens is 6. The van der Waals surface area contributed by atoms with Crippen LogP contribution in [0.5, 0.6) is 23.1 Å². The lowest BCUT2D eigenvalue weighted by atomic mass is 10.1. The molecule has 3 aromatic heterocycles. The number of benzene rings is 2. The van der Waals surface area contributed by atoms with Crippen molar-refractivity contribution >= 4 is 28.1 Å². The monoisotopic (exact) mass is 534 g/mol. The van der Waals surface area contributed by atoms with Gasteiger partial charge in [-0.1, -0.05) is 0 Å². The van der Waals surface area contributed by atoms with Crippen LogP contribution < -0.4 is 19.5 Å². The Morgan fingerprint density at radius 1 is 1.03 bits per heavy atom. The molecular formula is C26H24F2N8O3. The Kier molecular flexibility index (Phi) is 6.06. The zero-order valence-corrected chi connectivity index (χ0v) is 21.3. The molecule has 1 aliphatic rings. The number of anilines is 2. The molecule has 2 aromatic carbocycles. The first kappa shape index (κ1) is 24.7. The lowest BCUT2D eigenvalue weighted by Gasteiger charge is -2.22. The quantitative estimate of drug-likeness (QED) is 0.325. The average molecular weight is 535 g/mol. The van der Waals surface area contributed by atoms with Crippen LogP contribution in [0.1, 0.15) is 5.56 Å². The number of hydrogen-bond donors (Lipinski definition) is 1. The molecule has 6 rings (SSSR count). The van der Waals surface area contributed by atoms with E-state index in [0.717, 1.165) is 5.56 Å². The number of hydrogen-bond acceptors (Lipinski definition) is 10. The molecule has 4 heterocycles. The van der Waals surface area contributed by atoms with Gasteiger partial charge < -0.3 is 19.5 Å². The van der Waals surface area contributed by atoms with E-state index < -0.39 is 12.0 Å². The summed E-state index contributed by atoms with van der Waals surface area (Å²) in [6.45, 7) is 1.58. The molecule has 13 heteroatoms. The third kappa shape index (κ3) is 4.72. The molecule has 11 nitrogen and oxygen atoms in total. The topological polar surface area (TPSA) is 112 Å². The minimum atomic E-state index is -3.02. The predicted octanol–water partition coefficient (Wildman–Crippen LogP) is 4.25. The second-order valence-electron chi connectivity index (χ2n) is 9.27. The van der Waals surface area contributed by atoms with Crippen molar-refractivity contribution in [1.82, 2.24) is 34.4 Å². The van der Waals surface area contributed by atoms with Crippen molar-refractivity contribution in [3.63, 3.8) is 0 Å². The first-order chi connectivity index (χ1) is 18.8. The third-order valence-corrected chi connectivity index (χ3v) is 6.43. The highest BCUT2D eigenvalue weighted by Crippen LogP contribution is 2.42. The highest BCUT2D eigenvalue weighted by atomic mass is 19.3. The Balaban J connectivity index is 1.31. The van der Waals surface area contributed by atoms with Crippen molar-refractivity contribution < 1.29 is 23.0 Å². The van der Waals surface area contributed by atoms with Crippen LogP contribution in [0.15, 0.2) is 55.4 Å². The highest BCUT2D eigenvalue weighted by molar-refractivity contribution is 5.97. The summed E-state index contributed by atoms with van der Waals surface area (Å²) in [6, 6.07) is 10.5. The van der Waals surface area contributed by atoms with E-state index in [4.69, 9.17) is 14.2 Å². The fourth-order valence-electron chi connectivity index (χ4n) is 4.54. The van der Waals surface area contributed by atoms with E-state index >= 15 is 0 Å². The number of methoxy groups -OCH3 is 1. The predicted molar refractivity (Wildman–Crippen MR) is 138 cm³/mol. The van der Waals surface area contributed by atoms with Gasteiger partial charge in [0.05, 0.1) is 24.6 Å². The number of nitrogens with one attached hydrogen (secondary N) is 1. The number of fused-ring (bicyclic) bond motifs is 2. The van der Waals surface area contributed by atoms with Crippen LogP contribution in [0, 0.1) is 6.92 Å². The molecule has 1 N–H and O–H groups in total. The first-order valence-corrected chi connectivity index (χ1v) is 12.1. The van der Waals surface area contributed by atoms with Gasteiger partial charge in [0, 0.05) is 18.3 Å². The number of nitrogens with zero attached hydrogens (tertiary/aromatic N) is 7. The maximum atomic E-state index is 14.6. The fourth-order valence-corrected chi connectivity index (χ4v) is 4.54. The van der Waals surface area contributed by atoms with E-state index in [9.17, 15) is 8.78 Å². The molecule has 5 aromatic rings. The Morgan fingerprint density at radius 2 is 1.87 bits per heavy atom. The van der Waals surface area contributed by atoms with Crippen molar-refractivity contribution in [3.8, 4) is 23.1 Å².